The smallest absolute Gasteiger partial charge is 0.217 e. The van der Waals surface area contributed by atoms with E-state index in [9.17, 15) is 5.11 Å². The van der Waals surface area contributed by atoms with E-state index in [1.54, 1.807) is 4.68 Å². The highest BCUT2D eigenvalue weighted by Crippen LogP contribution is 2.31. The quantitative estimate of drug-likeness (QED) is 0.905. The molecule has 2 rings (SSSR count). The molecule has 2 aromatic rings. The van der Waals surface area contributed by atoms with Gasteiger partial charge in [-0.2, -0.15) is 5.10 Å². The maximum atomic E-state index is 10.5. The molecule has 1 heterocycles. The van der Waals surface area contributed by atoms with E-state index >= 15 is 0 Å². The van der Waals surface area contributed by atoms with Crippen molar-refractivity contribution in [3.63, 3.8) is 0 Å². The second kappa shape index (κ2) is 5.70. The number of benzene rings is 1. The van der Waals surface area contributed by atoms with Crippen molar-refractivity contribution >= 4 is 0 Å². The summed E-state index contributed by atoms with van der Waals surface area (Å²) in [5.74, 6) is 1.08. The molecule has 0 fully saturated rings. The first-order valence-electron chi connectivity index (χ1n) is 7.28. The van der Waals surface area contributed by atoms with Crippen molar-refractivity contribution in [2.24, 2.45) is 5.92 Å². The molecular formula is C17H24N2O. The van der Waals surface area contributed by atoms with Gasteiger partial charge in [-0.3, -0.25) is 0 Å². The monoisotopic (exact) mass is 272 g/mol. The van der Waals surface area contributed by atoms with Crippen LogP contribution in [0.1, 0.15) is 50.4 Å². The number of aromatic nitrogens is 2. The molecule has 0 aliphatic carbocycles. The number of nitrogens with zero attached hydrogens (tertiary/aromatic N) is 2. The number of hydrogen-bond donors (Lipinski definition) is 1. The number of aromatic hydroxyl groups is 1. The first-order valence-corrected chi connectivity index (χ1v) is 7.28. The predicted octanol–water partition coefficient (Wildman–Crippen LogP) is 4.21. The Labute approximate surface area is 121 Å². The third-order valence-electron chi connectivity index (χ3n) is 3.43. The van der Waals surface area contributed by atoms with E-state index in [2.05, 4.69) is 39.7 Å². The van der Waals surface area contributed by atoms with Crippen LogP contribution in [0.15, 0.2) is 24.3 Å². The standard InChI is InChI=1S/C17H24N2O/c1-11(2)10-15-16(12(3)4)18-19(17(15)20)14-8-6-13(5)7-9-14/h6-9,11-12,20H,10H2,1-5H3. The van der Waals surface area contributed by atoms with Gasteiger partial charge in [0.15, 0.2) is 0 Å². The van der Waals surface area contributed by atoms with Crippen molar-refractivity contribution in [1.82, 2.24) is 9.78 Å². The van der Waals surface area contributed by atoms with E-state index in [0.717, 1.165) is 23.4 Å². The van der Waals surface area contributed by atoms with Gasteiger partial charge < -0.3 is 5.11 Å². The van der Waals surface area contributed by atoms with E-state index in [-0.39, 0.29) is 5.88 Å². The zero-order chi connectivity index (χ0) is 14.9. The molecule has 0 unspecified atom stereocenters. The van der Waals surface area contributed by atoms with Crippen molar-refractivity contribution in [3.8, 4) is 11.6 Å². The highest BCUT2D eigenvalue weighted by Gasteiger charge is 2.20. The van der Waals surface area contributed by atoms with E-state index in [1.165, 1.54) is 5.56 Å². The summed E-state index contributed by atoms with van der Waals surface area (Å²) in [5.41, 5.74) is 4.09. The molecule has 0 amide bonds. The zero-order valence-electron chi connectivity index (χ0n) is 13.0. The third kappa shape index (κ3) is 2.87. The van der Waals surface area contributed by atoms with Crippen LogP contribution in [0.2, 0.25) is 0 Å². The van der Waals surface area contributed by atoms with Gasteiger partial charge in [-0.25, -0.2) is 4.68 Å². The number of aryl methyl sites for hydroxylation is 1. The minimum Gasteiger partial charge on any atom is -0.493 e. The minimum atomic E-state index is 0.284. The first kappa shape index (κ1) is 14.6. The molecule has 3 heteroatoms. The van der Waals surface area contributed by atoms with Gasteiger partial charge in [-0.15, -0.1) is 0 Å². The van der Waals surface area contributed by atoms with Crippen LogP contribution in [0.5, 0.6) is 5.88 Å². The Morgan fingerprint density at radius 3 is 2.20 bits per heavy atom. The van der Waals surface area contributed by atoms with Gasteiger partial charge in [0.2, 0.25) is 5.88 Å². The highest BCUT2D eigenvalue weighted by atomic mass is 16.3. The Kier molecular flexibility index (Phi) is 4.17. The molecule has 0 aliphatic rings. The molecule has 108 valence electrons. The molecular weight excluding hydrogens is 248 g/mol. The number of hydrogen-bond acceptors (Lipinski definition) is 2. The van der Waals surface area contributed by atoms with Gasteiger partial charge >= 0.3 is 0 Å². The Morgan fingerprint density at radius 2 is 1.70 bits per heavy atom. The van der Waals surface area contributed by atoms with Gasteiger partial charge in [-0.1, -0.05) is 45.4 Å². The molecule has 0 spiro atoms. The Hall–Kier alpha value is -1.77. The molecule has 0 atom stereocenters. The van der Waals surface area contributed by atoms with Crippen molar-refractivity contribution in [3.05, 3.63) is 41.1 Å². The molecule has 1 N–H and O–H groups in total. The maximum absolute atomic E-state index is 10.5. The Bertz CT molecular complexity index is 580. The van der Waals surface area contributed by atoms with Crippen LogP contribution < -0.4 is 0 Å². The lowest BCUT2D eigenvalue weighted by atomic mass is 9.98. The van der Waals surface area contributed by atoms with Crippen molar-refractivity contribution in [2.75, 3.05) is 0 Å². The average molecular weight is 272 g/mol. The topological polar surface area (TPSA) is 38.0 Å². The summed E-state index contributed by atoms with van der Waals surface area (Å²) in [5, 5.41) is 15.2. The van der Waals surface area contributed by atoms with Crippen LogP contribution in [0.25, 0.3) is 5.69 Å². The van der Waals surface area contributed by atoms with E-state index in [1.807, 2.05) is 24.3 Å². The van der Waals surface area contributed by atoms with Crippen LogP contribution in [-0.2, 0) is 6.42 Å². The van der Waals surface area contributed by atoms with Gasteiger partial charge in [0.05, 0.1) is 11.4 Å². The largest absolute Gasteiger partial charge is 0.493 e. The summed E-state index contributed by atoms with van der Waals surface area (Å²) in [4.78, 5) is 0. The summed E-state index contributed by atoms with van der Waals surface area (Å²) < 4.78 is 1.66. The first-order chi connectivity index (χ1) is 9.40. The molecule has 1 aromatic carbocycles. The van der Waals surface area contributed by atoms with Crippen LogP contribution in [-0.4, -0.2) is 14.9 Å². The van der Waals surface area contributed by atoms with Crippen LogP contribution in [0.4, 0.5) is 0 Å². The van der Waals surface area contributed by atoms with Gasteiger partial charge in [0.25, 0.3) is 0 Å². The normalized spacial score (nSPS) is 11.6. The molecule has 0 saturated carbocycles. The fourth-order valence-corrected chi connectivity index (χ4v) is 2.39. The predicted molar refractivity (Wildman–Crippen MR) is 82.6 cm³/mol. The van der Waals surface area contributed by atoms with E-state index in [4.69, 9.17) is 0 Å². The lowest BCUT2D eigenvalue weighted by Crippen LogP contribution is -1.99. The Balaban J connectivity index is 2.52. The summed E-state index contributed by atoms with van der Waals surface area (Å²) in [6.45, 7) is 10.6. The maximum Gasteiger partial charge on any atom is 0.217 e. The lowest BCUT2D eigenvalue weighted by molar-refractivity contribution is 0.424. The average Bonchev–Trinajstić information content (AvgIpc) is 2.68. The zero-order valence-corrected chi connectivity index (χ0v) is 13.0. The third-order valence-corrected chi connectivity index (χ3v) is 3.43. The van der Waals surface area contributed by atoms with Crippen molar-refractivity contribution in [2.45, 2.75) is 47.0 Å². The molecule has 1 aromatic heterocycles. The van der Waals surface area contributed by atoms with Crippen LogP contribution >= 0.6 is 0 Å². The van der Waals surface area contributed by atoms with E-state index < -0.39 is 0 Å². The van der Waals surface area contributed by atoms with Crippen molar-refractivity contribution in [1.29, 1.82) is 0 Å². The summed E-state index contributed by atoms with van der Waals surface area (Å²) in [7, 11) is 0. The molecule has 0 bridgehead atoms. The molecule has 20 heavy (non-hydrogen) atoms. The molecule has 3 nitrogen and oxygen atoms in total. The van der Waals surface area contributed by atoms with Crippen LogP contribution in [0, 0.1) is 12.8 Å². The lowest BCUT2D eigenvalue weighted by Gasteiger charge is -2.07. The minimum absolute atomic E-state index is 0.284. The van der Waals surface area contributed by atoms with E-state index in [0.29, 0.717) is 11.8 Å². The van der Waals surface area contributed by atoms with Crippen LogP contribution in [0.3, 0.4) is 0 Å². The number of rotatable bonds is 4. The van der Waals surface area contributed by atoms with Gasteiger partial charge in [0.1, 0.15) is 0 Å². The highest BCUT2D eigenvalue weighted by molar-refractivity contribution is 5.42. The summed E-state index contributed by atoms with van der Waals surface area (Å²) >= 11 is 0. The molecule has 0 radical (unpaired) electrons. The second-order valence-electron chi connectivity index (χ2n) is 6.19. The SMILES string of the molecule is Cc1ccc(-n2nc(C(C)C)c(CC(C)C)c2O)cc1. The summed E-state index contributed by atoms with van der Waals surface area (Å²) in [6.07, 6.45) is 0.852. The molecule has 0 saturated heterocycles. The Morgan fingerprint density at radius 1 is 1.10 bits per heavy atom. The van der Waals surface area contributed by atoms with Gasteiger partial charge in [0, 0.05) is 5.56 Å². The second-order valence-corrected chi connectivity index (χ2v) is 6.19. The van der Waals surface area contributed by atoms with Crippen molar-refractivity contribution < 1.29 is 5.11 Å². The van der Waals surface area contributed by atoms with Gasteiger partial charge in [-0.05, 0) is 37.3 Å². The fraction of sp³-hybridized carbons (Fsp3) is 0.471. The fourth-order valence-electron chi connectivity index (χ4n) is 2.39. The molecule has 0 aliphatic heterocycles. The summed E-state index contributed by atoms with van der Waals surface area (Å²) in [6, 6.07) is 8.05.